The molecule has 4 aromatic rings. The average molecular weight is 294 g/mol. The van der Waals surface area contributed by atoms with Crippen LogP contribution in [0.1, 0.15) is 5.82 Å². The first-order chi connectivity index (χ1) is 10.3. The molecule has 0 unspecified atom stereocenters. The Kier molecular flexibility index (Phi) is 2.86. The van der Waals surface area contributed by atoms with E-state index in [2.05, 4.69) is 68.3 Å². The molecular formula is C16H14N4S. The fraction of sp³-hybridized carbons (Fsp3) is 0.125. The molecule has 0 saturated heterocycles. The Bertz CT molecular complexity index is 923. The third-order valence-electron chi connectivity index (χ3n) is 3.80. The Morgan fingerprint density at radius 3 is 2.10 bits per heavy atom. The number of hydrogen-bond donors (Lipinski definition) is 2. The van der Waals surface area contributed by atoms with Gasteiger partial charge in [-0.2, -0.15) is 0 Å². The van der Waals surface area contributed by atoms with Gasteiger partial charge < -0.3 is 4.57 Å². The molecule has 2 aromatic heterocycles. The average Bonchev–Trinajstić information content (AvgIpc) is 3.07. The SMILES string of the molecule is S=c1nc(CCn2c3ccccc3c3ccccc32)[nH][nH]1. The van der Waals surface area contributed by atoms with Crippen molar-refractivity contribution in [2.45, 2.75) is 13.0 Å². The highest BCUT2D eigenvalue weighted by Crippen LogP contribution is 2.28. The van der Waals surface area contributed by atoms with Crippen molar-refractivity contribution in [3.63, 3.8) is 0 Å². The number of aromatic nitrogens is 4. The molecule has 104 valence electrons. The van der Waals surface area contributed by atoms with E-state index in [-0.39, 0.29) is 0 Å². The van der Waals surface area contributed by atoms with Gasteiger partial charge in [-0.25, -0.2) is 4.98 Å². The van der Waals surface area contributed by atoms with E-state index in [1.165, 1.54) is 21.8 Å². The number of nitrogens with one attached hydrogen (secondary N) is 2. The van der Waals surface area contributed by atoms with Crippen molar-refractivity contribution in [3.8, 4) is 0 Å². The molecule has 0 saturated carbocycles. The lowest BCUT2D eigenvalue weighted by atomic mass is 10.2. The molecule has 0 aliphatic rings. The van der Waals surface area contributed by atoms with Gasteiger partial charge >= 0.3 is 0 Å². The number of aromatic amines is 2. The number of aryl methyl sites for hydroxylation is 2. The van der Waals surface area contributed by atoms with Crippen LogP contribution >= 0.6 is 12.2 Å². The third kappa shape index (κ3) is 2.06. The summed E-state index contributed by atoms with van der Waals surface area (Å²) in [5.74, 6) is 0.891. The minimum absolute atomic E-state index is 0.507. The normalized spacial score (nSPS) is 11.4. The molecule has 21 heavy (non-hydrogen) atoms. The highest BCUT2D eigenvalue weighted by atomic mass is 32.1. The molecule has 2 aromatic carbocycles. The van der Waals surface area contributed by atoms with Gasteiger partial charge in [0.1, 0.15) is 5.82 Å². The van der Waals surface area contributed by atoms with Crippen molar-refractivity contribution >= 4 is 34.0 Å². The van der Waals surface area contributed by atoms with Gasteiger partial charge in [0.05, 0.1) is 0 Å². The molecule has 0 aliphatic carbocycles. The van der Waals surface area contributed by atoms with Gasteiger partial charge in [-0.3, -0.25) is 10.2 Å². The number of fused-ring (bicyclic) bond motifs is 3. The van der Waals surface area contributed by atoms with Crippen molar-refractivity contribution in [3.05, 3.63) is 59.1 Å². The maximum atomic E-state index is 5.00. The van der Waals surface area contributed by atoms with Crippen molar-refractivity contribution in [2.24, 2.45) is 0 Å². The van der Waals surface area contributed by atoms with Crippen molar-refractivity contribution in [1.82, 2.24) is 19.7 Å². The van der Waals surface area contributed by atoms with Crippen molar-refractivity contribution < 1.29 is 0 Å². The van der Waals surface area contributed by atoms with Crippen LogP contribution < -0.4 is 0 Å². The zero-order valence-corrected chi connectivity index (χ0v) is 12.2. The van der Waals surface area contributed by atoms with E-state index >= 15 is 0 Å². The first-order valence-corrected chi connectivity index (χ1v) is 7.33. The lowest BCUT2D eigenvalue weighted by Crippen LogP contribution is -2.02. The summed E-state index contributed by atoms with van der Waals surface area (Å²) < 4.78 is 2.85. The minimum atomic E-state index is 0.507. The molecule has 0 aliphatic heterocycles. The molecule has 2 N–H and O–H groups in total. The molecular weight excluding hydrogens is 280 g/mol. The number of hydrogen-bond acceptors (Lipinski definition) is 2. The smallest absolute Gasteiger partial charge is 0.213 e. The number of benzene rings is 2. The monoisotopic (exact) mass is 294 g/mol. The number of para-hydroxylation sites is 2. The van der Waals surface area contributed by atoms with Gasteiger partial charge in [0.25, 0.3) is 0 Å². The van der Waals surface area contributed by atoms with Crippen LogP contribution in [-0.4, -0.2) is 19.7 Å². The van der Waals surface area contributed by atoms with Gasteiger partial charge in [-0.15, -0.1) is 0 Å². The summed E-state index contributed by atoms with van der Waals surface area (Å²) in [7, 11) is 0. The molecule has 4 nitrogen and oxygen atoms in total. The third-order valence-corrected chi connectivity index (χ3v) is 4.00. The fourth-order valence-corrected chi connectivity index (χ4v) is 3.05. The van der Waals surface area contributed by atoms with Crippen molar-refractivity contribution in [1.29, 1.82) is 0 Å². The summed E-state index contributed by atoms with van der Waals surface area (Å²) in [6.07, 6.45) is 0.815. The Balaban J connectivity index is 1.83. The van der Waals surface area contributed by atoms with Gasteiger partial charge in [0, 0.05) is 34.8 Å². The zero-order valence-electron chi connectivity index (χ0n) is 11.3. The van der Waals surface area contributed by atoms with Crippen LogP contribution in [0, 0.1) is 4.77 Å². The zero-order chi connectivity index (χ0) is 14.2. The molecule has 5 heteroatoms. The second-order valence-corrected chi connectivity index (χ2v) is 5.44. The van der Waals surface area contributed by atoms with Crippen LogP contribution in [0.5, 0.6) is 0 Å². The molecule has 0 spiro atoms. The summed E-state index contributed by atoms with van der Waals surface area (Å²) in [5.41, 5.74) is 2.51. The van der Waals surface area contributed by atoms with Gasteiger partial charge in [-0.1, -0.05) is 36.4 Å². The van der Waals surface area contributed by atoms with Crippen LogP contribution in [0.25, 0.3) is 21.8 Å². The maximum Gasteiger partial charge on any atom is 0.213 e. The van der Waals surface area contributed by atoms with Gasteiger partial charge in [0.15, 0.2) is 0 Å². The largest absolute Gasteiger partial charge is 0.340 e. The van der Waals surface area contributed by atoms with E-state index in [0.717, 1.165) is 18.8 Å². The lowest BCUT2D eigenvalue weighted by Gasteiger charge is -2.05. The van der Waals surface area contributed by atoms with E-state index in [1.807, 2.05) is 0 Å². The predicted octanol–water partition coefficient (Wildman–Crippen LogP) is 3.82. The molecule has 0 atom stereocenters. The van der Waals surface area contributed by atoms with Crippen molar-refractivity contribution in [2.75, 3.05) is 0 Å². The summed E-state index contributed by atoms with van der Waals surface area (Å²) in [4.78, 5) is 4.26. The highest BCUT2D eigenvalue weighted by molar-refractivity contribution is 7.71. The second-order valence-electron chi connectivity index (χ2n) is 5.05. The second kappa shape index (κ2) is 4.86. The quantitative estimate of drug-likeness (QED) is 0.564. The number of H-pyrrole nitrogens is 2. The van der Waals surface area contributed by atoms with Crippen LogP contribution in [0.15, 0.2) is 48.5 Å². The molecule has 0 radical (unpaired) electrons. The number of rotatable bonds is 3. The van der Waals surface area contributed by atoms with Crippen LogP contribution in [0.2, 0.25) is 0 Å². The Labute approximate surface area is 126 Å². The summed E-state index contributed by atoms with van der Waals surface area (Å²) in [6.45, 7) is 0.865. The van der Waals surface area contributed by atoms with Gasteiger partial charge in [0.2, 0.25) is 4.77 Å². The Morgan fingerprint density at radius 1 is 0.905 bits per heavy atom. The van der Waals surface area contributed by atoms with E-state index in [4.69, 9.17) is 12.2 Å². The highest BCUT2D eigenvalue weighted by Gasteiger charge is 2.09. The lowest BCUT2D eigenvalue weighted by molar-refractivity contribution is 0.714. The first kappa shape index (κ1) is 12.3. The number of nitrogens with zero attached hydrogens (tertiary/aromatic N) is 2. The van der Waals surface area contributed by atoms with Gasteiger partial charge in [-0.05, 0) is 24.4 Å². The van der Waals surface area contributed by atoms with E-state index < -0.39 is 0 Å². The summed E-state index contributed by atoms with van der Waals surface area (Å²) >= 11 is 5.00. The Morgan fingerprint density at radius 2 is 1.52 bits per heavy atom. The van der Waals surface area contributed by atoms with Crippen LogP contribution in [0.3, 0.4) is 0 Å². The standard InChI is InChI=1S/C16H14N4S/c21-16-17-15(18-19-16)9-10-20-13-7-3-1-5-11(13)12-6-2-4-8-14(12)20/h1-8H,9-10H2,(H2,17,18,19,21). The topological polar surface area (TPSA) is 49.4 Å². The molecule has 2 heterocycles. The van der Waals surface area contributed by atoms with E-state index in [1.54, 1.807) is 0 Å². The van der Waals surface area contributed by atoms with E-state index in [0.29, 0.717) is 4.77 Å². The molecule has 0 amide bonds. The van der Waals surface area contributed by atoms with Crippen LogP contribution in [0.4, 0.5) is 0 Å². The van der Waals surface area contributed by atoms with Crippen LogP contribution in [-0.2, 0) is 13.0 Å². The Hall–Kier alpha value is -2.40. The maximum absolute atomic E-state index is 5.00. The molecule has 0 bridgehead atoms. The first-order valence-electron chi connectivity index (χ1n) is 6.92. The molecule has 4 rings (SSSR count). The fourth-order valence-electron chi connectivity index (χ4n) is 2.88. The summed E-state index contributed by atoms with van der Waals surface area (Å²) in [6, 6.07) is 17.0. The minimum Gasteiger partial charge on any atom is -0.340 e. The predicted molar refractivity (Wildman–Crippen MR) is 86.9 cm³/mol. The summed E-state index contributed by atoms with van der Waals surface area (Å²) in [5, 5.41) is 8.44. The van der Waals surface area contributed by atoms with E-state index in [9.17, 15) is 0 Å². The molecule has 0 fully saturated rings.